The van der Waals surface area contributed by atoms with E-state index in [2.05, 4.69) is 10.3 Å². The van der Waals surface area contributed by atoms with Gasteiger partial charge in [-0.15, -0.1) is 0 Å². The lowest BCUT2D eigenvalue weighted by Crippen LogP contribution is -2.41. The number of ether oxygens (including phenoxy) is 2. The molecule has 0 aliphatic rings. The van der Waals surface area contributed by atoms with Crippen molar-refractivity contribution < 1.29 is 19.1 Å². The molecule has 0 unspecified atom stereocenters. The summed E-state index contributed by atoms with van der Waals surface area (Å²) in [6.07, 6.45) is 1.85. The Hall–Kier alpha value is -4.50. The number of hydrogen-bond donors (Lipinski definition) is 2. The molecule has 2 amide bonds. The zero-order valence-electron chi connectivity index (χ0n) is 19.7. The van der Waals surface area contributed by atoms with Gasteiger partial charge in [0.25, 0.3) is 5.91 Å². The molecule has 3 aromatic carbocycles. The number of anilines is 1. The Morgan fingerprint density at radius 2 is 1.75 bits per heavy atom. The summed E-state index contributed by atoms with van der Waals surface area (Å²) < 4.78 is 11.3. The number of benzene rings is 3. The molecule has 0 bridgehead atoms. The lowest BCUT2D eigenvalue weighted by Gasteiger charge is -2.21. The highest BCUT2D eigenvalue weighted by Gasteiger charge is 2.15. The maximum atomic E-state index is 12.3. The second-order valence-corrected chi connectivity index (χ2v) is 8.30. The molecular weight excluding hydrogens is 476 g/mol. The fourth-order valence-corrected chi connectivity index (χ4v) is 3.83. The molecule has 0 saturated carbocycles. The minimum Gasteiger partial charge on any atom is -0.496 e. The zero-order chi connectivity index (χ0) is 25.7. The van der Waals surface area contributed by atoms with Gasteiger partial charge >= 0.3 is 0 Å². The summed E-state index contributed by atoms with van der Waals surface area (Å²) in [5.41, 5.74) is 8.02. The quantitative estimate of drug-likeness (QED) is 0.366. The number of hydrogen-bond acceptors (Lipinski definition) is 6. The van der Waals surface area contributed by atoms with Gasteiger partial charge in [0.15, 0.2) is 5.11 Å². The van der Waals surface area contributed by atoms with E-state index in [4.69, 9.17) is 27.4 Å². The molecule has 3 N–H and O–H groups in total. The lowest BCUT2D eigenvalue weighted by molar-refractivity contribution is -0.119. The Kier molecular flexibility index (Phi) is 7.41. The molecule has 8 nitrogen and oxygen atoms in total. The van der Waals surface area contributed by atoms with Crippen LogP contribution in [0.4, 0.5) is 5.69 Å². The normalized spacial score (nSPS) is 10.5. The number of carbonyl (C=O) groups is 2. The van der Waals surface area contributed by atoms with Crippen molar-refractivity contribution in [3.05, 3.63) is 90.1 Å². The Bertz CT molecular complexity index is 1430. The van der Waals surface area contributed by atoms with Crippen molar-refractivity contribution in [1.29, 1.82) is 0 Å². The van der Waals surface area contributed by atoms with Gasteiger partial charge in [-0.05, 0) is 54.2 Å². The summed E-state index contributed by atoms with van der Waals surface area (Å²) >= 11 is 5.40. The van der Waals surface area contributed by atoms with E-state index in [0.717, 1.165) is 11.3 Å². The average molecular weight is 501 g/mol. The SMILES string of the molecule is COc1cc2nccc(Oc3ccc(N(C)C(=S)NC(=O)Cc4ccccc4)cc3)c2cc1C(N)=O. The number of nitrogens with two attached hydrogens (primary N) is 1. The third-order valence-electron chi connectivity index (χ3n) is 5.50. The fourth-order valence-electron chi connectivity index (χ4n) is 3.61. The summed E-state index contributed by atoms with van der Waals surface area (Å²) in [5.74, 6) is 0.626. The van der Waals surface area contributed by atoms with E-state index in [1.54, 1.807) is 48.5 Å². The number of amides is 2. The number of carbonyl (C=O) groups excluding carboxylic acids is 2. The molecule has 0 spiro atoms. The summed E-state index contributed by atoms with van der Waals surface area (Å²) in [7, 11) is 3.24. The van der Waals surface area contributed by atoms with Gasteiger partial charge in [-0.25, -0.2) is 0 Å². The average Bonchev–Trinajstić information content (AvgIpc) is 2.88. The van der Waals surface area contributed by atoms with Crippen LogP contribution in [0.1, 0.15) is 15.9 Å². The molecule has 4 aromatic rings. The summed E-state index contributed by atoms with van der Waals surface area (Å²) in [6, 6.07) is 21.6. The number of nitrogens with one attached hydrogen (secondary N) is 1. The van der Waals surface area contributed by atoms with Crippen molar-refractivity contribution in [3.8, 4) is 17.2 Å². The smallest absolute Gasteiger partial charge is 0.252 e. The zero-order valence-corrected chi connectivity index (χ0v) is 20.5. The first-order valence-corrected chi connectivity index (χ1v) is 11.4. The number of nitrogens with zero attached hydrogens (tertiary/aromatic N) is 2. The van der Waals surface area contributed by atoms with E-state index in [1.165, 1.54) is 7.11 Å². The molecule has 1 heterocycles. The maximum Gasteiger partial charge on any atom is 0.252 e. The van der Waals surface area contributed by atoms with Crippen LogP contribution < -0.4 is 25.4 Å². The van der Waals surface area contributed by atoms with E-state index >= 15 is 0 Å². The molecule has 0 atom stereocenters. The number of fused-ring (bicyclic) bond motifs is 1. The van der Waals surface area contributed by atoms with Gasteiger partial charge in [-0.3, -0.25) is 14.6 Å². The van der Waals surface area contributed by atoms with E-state index < -0.39 is 5.91 Å². The molecule has 9 heteroatoms. The number of pyridine rings is 1. The number of rotatable bonds is 7. The van der Waals surface area contributed by atoms with Crippen molar-refractivity contribution in [1.82, 2.24) is 10.3 Å². The van der Waals surface area contributed by atoms with Gasteiger partial charge in [0.05, 0.1) is 24.6 Å². The molecule has 182 valence electrons. The predicted molar refractivity (Wildman–Crippen MR) is 143 cm³/mol. The van der Waals surface area contributed by atoms with Crippen LogP contribution in [-0.4, -0.2) is 36.1 Å². The molecule has 0 fully saturated rings. The Morgan fingerprint density at radius 3 is 2.42 bits per heavy atom. The molecule has 0 saturated heterocycles. The second-order valence-electron chi connectivity index (χ2n) is 7.91. The van der Waals surface area contributed by atoms with Gasteiger partial charge in [-0.2, -0.15) is 0 Å². The third-order valence-corrected chi connectivity index (χ3v) is 5.87. The van der Waals surface area contributed by atoms with Crippen LogP contribution in [0.25, 0.3) is 10.9 Å². The molecule has 0 radical (unpaired) electrons. The van der Waals surface area contributed by atoms with Crippen LogP contribution in [0.5, 0.6) is 17.2 Å². The summed E-state index contributed by atoms with van der Waals surface area (Å²) in [5, 5.41) is 3.67. The standard InChI is InChI=1S/C27H24N4O4S/c1-31(27(36)30-25(32)14-17-6-4-3-5-7-17)18-8-10-19(11-9-18)35-23-12-13-29-22-16-24(34-2)21(26(28)33)15-20(22)23/h3-13,15-16H,14H2,1-2H3,(H2,28,33)(H,30,32,36). The highest BCUT2D eigenvalue weighted by molar-refractivity contribution is 7.80. The van der Waals surface area contributed by atoms with E-state index in [0.29, 0.717) is 28.2 Å². The monoisotopic (exact) mass is 500 g/mol. The first-order chi connectivity index (χ1) is 17.4. The van der Waals surface area contributed by atoms with Crippen molar-refractivity contribution >= 4 is 45.7 Å². The molecule has 0 aliphatic carbocycles. The number of methoxy groups -OCH3 is 1. The van der Waals surface area contributed by atoms with Crippen molar-refractivity contribution in [2.45, 2.75) is 6.42 Å². The van der Waals surface area contributed by atoms with Gasteiger partial charge in [0.1, 0.15) is 17.2 Å². The maximum absolute atomic E-state index is 12.3. The molecule has 0 aliphatic heterocycles. The minimum absolute atomic E-state index is 0.186. The first kappa shape index (κ1) is 24.6. The Labute approximate surface area is 213 Å². The third kappa shape index (κ3) is 5.59. The van der Waals surface area contributed by atoms with Crippen LogP contribution in [0.15, 0.2) is 79.0 Å². The highest BCUT2D eigenvalue weighted by atomic mass is 32.1. The van der Waals surface area contributed by atoms with Crippen LogP contribution in [0.3, 0.4) is 0 Å². The largest absolute Gasteiger partial charge is 0.496 e. The van der Waals surface area contributed by atoms with Crippen LogP contribution in [-0.2, 0) is 11.2 Å². The minimum atomic E-state index is -0.609. The summed E-state index contributed by atoms with van der Waals surface area (Å²) in [6.45, 7) is 0. The van der Waals surface area contributed by atoms with Gasteiger partial charge in [-0.1, -0.05) is 30.3 Å². The molecule has 4 rings (SSSR count). The Morgan fingerprint density at radius 1 is 1.03 bits per heavy atom. The van der Waals surface area contributed by atoms with Crippen molar-refractivity contribution in [3.63, 3.8) is 0 Å². The lowest BCUT2D eigenvalue weighted by atomic mass is 10.1. The fraction of sp³-hybridized carbons (Fsp3) is 0.111. The van der Waals surface area contributed by atoms with Crippen molar-refractivity contribution in [2.24, 2.45) is 5.73 Å². The van der Waals surface area contributed by atoms with Gasteiger partial charge < -0.3 is 25.4 Å². The molecule has 1 aromatic heterocycles. The van der Waals surface area contributed by atoms with Crippen LogP contribution >= 0.6 is 12.2 Å². The Balaban J connectivity index is 1.47. The van der Waals surface area contributed by atoms with Gasteiger partial charge in [0.2, 0.25) is 5.91 Å². The predicted octanol–water partition coefficient (Wildman–Crippen LogP) is 4.21. The van der Waals surface area contributed by atoms with Crippen molar-refractivity contribution in [2.75, 3.05) is 19.1 Å². The summed E-state index contributed by atoms with van der Waals surface area (Å²) in [4.78, 5) is 30.2. The second kappa shape index (κ2) is 10.8. The highest BCUT2D eigenvalue weighted by Crippen LogP contribution is 2.33. The number of thiocarbonyl (C=S) groups is 1. The number of primary amides is 1. The van der Waals surface area contributed by atoms with Crippen LogP contribution in [0.2, 0.25) is 0 Å². The van der Waals surface area contributed by atoms with E-state index in [-0.39, 0.29) is 23.0 Å². The molecule has 36 heavy (non-hydrogen) atoms. The van der Waals surface area contributed by atoms with E-state index in [1.807, 2.05) is 42.5 Å². The molecular formula is C27H24N4O4S. The van der Waals surface area contributed by atoms with E-state index in [9.17, 15) is 9.59 Å². The van der Waals surface area contributed by atoms with Gasteiger partial charge in [0, 0.05) is 30.4 Å². The topological polar surface area (TPSA) is 107 Å². The van der Waals surface area contributed by atoms with Crippen LogP contribution in [0, 0.1) is 0 Å². The first-order valence-electron chi connectivity index (χ1n) is 11.0. The number of aromatic nitrogens is 1.